The molecule has 2 aromatic rings. The Hall–Kier alpha value is -2.31. The van der Waals surface area contributed by atoms with E-state index in [-0.39, 0.29) is 11.5 Å². The van der Waals surface area contributed by atoms with Gasteiger partial charge in [0.05, 0.1) is 5.52 Å². The Morgan fingerprint density at radius 1 is 1.14 bits per heavy atom. The number of hydrogen-bond acceptors (Lipinski definition) is 4. The second-order valence-electron chi connectivity index (χ2n) is 7.18. The van der Waals surface area contributed by atoms with Gasteiger partial charge in [0.1, 0.15) is 18.2 Å². The number of anilines is 1. The highest BCUT2D eigenvalue weighted by Gasteiger charge is 2.49. The van der Waals surface area contributed by atoms with Gasteiger partial charge in [-0.25, -0.2) is 18.7 Å². The summed E-state index contributed by atoms with van der Waals surface area (Å²) in [5.74, 6) is 0.548. The third kappa shape index (κ3) is 5.19. The van der Waals surface area contributed by atoms with Gasteiger partial charge in [0.25, 0.3) is 6.43 Å². The molecule has 1 N–H and O–H groups in total. The molecule has 4 rings (SSSR count). The number of amides is 1. The minimum atomic E-state index is -2.54. The van der Waals surface area contributed by atoms with Crippen molar-refractivity contribution in [3.8, 4) is 0 Å². The molecule has 1 saturated carbocycles. The molecule has 1 saturated heterocycles. The van der Waals surface area contributed by atoms with Gasteiger partial charge in [-0.15, -0.1) is 0 Å². The molecule has 1 atom stereocenters. The summed E-state index contributed by atoms with van der Waals surface area (Å²) in [6.07, 6.45) is 2.33. The first-order chi connectivity index (χ1) is 14.0. The van der Waals surface area contributed by atoms with Gasteiger partial charge in [-0.2, -0.15) is 0 Å². The Balaban J connectivity index is 0.000000707. The second kappa shape index (κ2) is 9.94. The predicted molar refractivity (Wildman–Crippen MR) is 113 cm³/mol. The lowest BCUT2D eigenvalue weighted by molar-refractivity contribution is -0.130. The molecule has 2 aliphatic rings. The Morgan fingerprint density at radius 2 is 1.83 bits per heavy atom. The quantitative estimate of drug-likeness (QED) is 0.735. The van der Waals surface area contributed by atoms with Crippen LogP contribution in [-0.2, 0) is 4.79 Å². The number of halogens is 2. The monoisotopic (exact) mass is 406 g/mol. The molecule has 5 nitrogen and oxygen atoms in total. The molecule has 0 bridgehead atoms. The fraction of sp³-hybridized carbons (Fsp3) is 0.591. The summed E-state index contributed by atoms with van der Waals surface area (Å²) in [5.41, 5.74) is 0.754. The molecule has 1 spiro atoms. The zero-order valence-electron chi connectivity index (χ0n) is 18.0. The van der Waals surface area contributed by atoms with Crippen molar-refractivity contribution >= 4 is 22.6 Å². The van der Waals surface area contributed by atoms with Crippen LogP contribution in [0.15, 0.2) is 24.5 Å². The predicted octanol–water partition coefficient (Wildman–Crippen LogP) is 5.43. The number of likely N-dealkylation sites (tertiary alicyclic amines) is 1. The van der Waals surface area contributed by atoms with Crippen LogP contribution in [0.5, 0.6) is 0 Å². The van der Waals surface area contributed by atoms with E-state index in [9.17, 15) is 13.6 Å². The summed E-state index contributed by atoms with van der Waals surface area (Å²) in [4.78, 5) is 22.8. The highest BCUT2D eigenvalue weighted by Crippen LogP contribution is 2.52. The van der Waals surface area contributed by atoms with E-state index in [4.69, 9.17) is 0 Å². The smallest absolute Gasteiger partial charge is 0.263 e. The van der Waals surface area contributed by atoms with Crippen molar-refractivity contribution in [2.24, 2.45) is 5.41 Å². The van der Waals surface area contributed by atoms with Crippen LogP contribution in [0, 0.1) is 5.41 Å². The average molecular weight is 407 g/mol. The van der Waals surface area contributed by atoms with Crippen molar-refractivity contribution in [2.45, 2.75) is 66.3 Å². The summed E-state index contributed by atoms with van der Waals surface area (Å²) in [5, 5.41) is 3.76. The van der Waals surface area contributed by atoms with Gasteiger partial charge in [-0.05, 0) is 43.7 Å². The number of carbonyl (C=O) groups is 1. The first-order valence-electron chi connectivity index (χ1n) is 10.6. The highest BCUT2D eigenvalue weighted by atomic mass is 19.3. The summed E-state index contributed by atoms with van der Waals surface area (Å²) in [7, 11) is 0. The summed E-state index contributed by atoms with van der Waals surface area (Å²) in [6.45, 7) is 11.5. The topological polar surface area (TPSA) is 58.1 Å². The van der Waals surface area contributed by atoms with Crippen molar-refractivity contribution in [1.29, 1.82) is 0 Å². The van der Waals surface area contributed by atoms with E-state index in [0.717, 1.165) is 19.5 Å². The minimum absolute atomic E-state index is 0.0553. The van der Waals surface area contributed by atoms with Crippen LogP contribution < -0.4 is 5.32 Å². The van der Waals surface area contributed by atoms with Crippen molar-refractivity contribution < 1.29 is 13.6 Å². The van der Waals surface area contributed by atoms with Crippen molar-refractivity contribution in [3.05, 3.63) is 30.1 Å². The van der Waals surface area contributed by atoms with Crippen molar-refractivity contribution in [2.75, 3.05) is 18.4 Å². The van der Waals surface area contributed by atoms with Crippen LogP contribution >= 0.6 is 0 Å². The zero-order chi connectivity index (χ0) is 21.6. The standard InChI is InChI=1S/C18H20F2N4O.2C2H6/c1-11(17(25)24-7-6-18(9-24)4-5-18)23-16-13-3-2-12(15(19)20)8-14(13)21-10-22-16;2*1-2/h2-3,8,10-11,15H,4-7,9H2,1H3,(H,21,22,23);2*1-2H3/t11-;;/m1../s1. The van der Waals surface area contributed by atoms with Gasteiger partial charge in [0.2, 0.25) is 5.91 Å². The van der Waals surface area contributed by atoms with Crippen LogP contribution in [0.4, 0.5) is 14.6 Å². The second-order valence-corrected chi connectivity index (χ2v) is 7.18. The maximum absolute atomic E-state index is 12.8. The van der Waals surface area contributed by atoms with E-state index in [1.165, 1.54) is 31.3 Å². The van der Waals surface area contributed by atoms with Crippen molar-refractivity contribution in [1.82, 2.24) is 14.9 Å². The maximum atomic E-state index is 12.8. The van der Waals surface area contributed by atoms with E-state index in [2.05, 4.69) is 15.3 Å². The number of hydrogen-bond donors (Lipinski definition) is 1. The molecule has 1 aliphatic carbocycles. The van der Waals surface area contributed by atoms with E-state index in [0.29, 0.717) is 22.1 Å². The number of alkyl halides is 2. The molecule has 7 heteroatoms. The van der Waals surface area contributed by atoms with Crippen molar-refractivity contribution in [3.63, 3.8) is 0 Å². The number of rotatable bonds is 4. The summed E-state index contributed by atoms with van der Waals surface area (Å²) in [6, 6.07) is 3.87. The number of benzene rings is 1. The van der Waals surface area contributed by atoms with Crippen LogP contribution in [-0.4, -0.2) is 39.9 Å². The number of nitrogens with one attached hydrogen (secondary N) is 1. The molecule has 0 unspecified atom stereocenters. The molecule has 0 radical (unpaired) electrons. The van der Waals surface area contributed by atoms with Gasteiger partial charge in [0.15, 0.2) is 0 Å². The van der Waals surface area contributed by atoms with Gasteiger partial charge in [-0.3, -0.25) is 4.79 Å². The SMILES string of the molecule is CC.CC.C[C@@H](Nc1ncnc2cc(C(F)F)ccc12)C(=O)N1CCC2(CC2)C1. The molecule has 2 heterocycles. The fourth-order valence-electron chi connectivity index (χ4n) is 3.57. The van der Waals surface area contributed by atoms with E-state index in [1.54, 1.807) is 6.07 Å². The molecule has 1 aromatic carbocycles. The van der Waals surface area contributed by atoms with Crippen LogP contribution in [0.25, 0.3) is 10.9 Å². The summed E-state index contributed by atoms with van der Waals surface area (Å²) < 4.78 is 25.7. The third-order valence-electron chi connectivity index (χ3n) is 5.34. The number of carbonyl (C=O) groups excluding carboxylic acids is 1. The molecule has 2 fully saturated rings. The molecular weight excluding hydrogens is 374 g/mol. The zero-order valence-corrected chi connectivity index (χ0v) is 18.0. The lowest BCUT2D eigenvalue weighted by atomic mass is 10.1. The molecule has 160 valence electrons. The Morgan fingerprint density at radius 3 is 2.41 bits per heavy atom. The highest BCUT2D eigenvalue weighted by molar-refractivity contribution is 5.92. The largest absolute Gasteiger partial charge is 0.358 e. The summed E-state index contributed by atoms with van der Waals surface area (Å²) >= 11 is 0. The van der Waals surface area contributed by atoms with E-state index < -0.39 is 12.5 Å². The third-order valence-corrected chi connectivity index (χ3v) is 5.34. The first kappa shape index (κ1) is 23.0. The normalized spacial score (nSPS) is 17.3. The van der Waals surface area contributed by atoms with Gasteiger partial charge in [-0.1, -0.05) is 33.8 Å². The number of fused-ring (bicyclic) bond motifs is 1. The van der Waals surface area contributed by atoms with Crippen LogP contribution in [0.2, 0.25) is 0 Å². The minimum Gasteiger partial charge on any atom is -0.358 e. The molecule has 1 aliphatic heterocycles. The van der Waals surface area contributed by atoms with Gasteiger partial charge in [0, 0.05) is 24.0 Å². The Bertz CT molecular complexity index is 824. The van der Waals surface area contributed by atoms with E-state index in [1.807, 2.05) is 39.5 Å². The van der Waals surface area contributed by atoms with Crippen LogP contribution in [0.1, 0.15) is 65.9 Å². The van der Waals surface area contributed by atoms with Gasteiger partial charge < -0.3 is 10.2 Å². The number of nitrogens with zero attached hydrogens (tertiary/aromatic N) is 3. The molecule has 1 amide bonds. The fourth-order valence-corrected chi connectivity index (χ4v) is 3.57. The van der Waals surface area contributed by atoms with E-state index >= 15 is 0 Å². The van der Waals surface area contributed by atoms with Gasteiger partial charge >= 0.3 is 0 Å². The van der Waals surface area contributed by atoms with Crippen LogP contribution in [0.3, 0.4) is 0 Å². The Kier molecular flexibility index (Phi) is 7.88. The maximum Gasteiger partial charge on any atom is 0.263 e. The lowest BCUT2D eigenvalue weighted by Gasteiger charge is -2.22. The average Bonchev–Trinajstić information content (AvgIpc) is 3.38. The molecule has 1 aromatic heterocycles. The lowest BCUT2D eigenvalue weighted by Crippen LogP contribution is -2.40. The number of aromatic nitrogens is 2. The molecular formula is C22H32F2N4O. The first-order valence-corrected chi connectivity index (χ1v) is 10.6. The molecule has 29 heavy (non-hydrogen) atoms. The Labute approximate surface area is 171 Å².